The van der Waals surface area contributed by atoms with Gasteiger partial charge in [-0.15, -0.1) is 0 Å². The molecule has 0 radical (unpaired) electrons. The van der Waals surface area contributed by atoms with Gasteiger partial charge in [0.2, 0.25) is 0 Å². The number of methoxy groups -OCH3 is 1. The van der Waals surface area contributed by atoms with Gasteiger partial charge in [0.15, 0.2) is 5.69 Å². The first-order chi connectivity index (χ1) is 10.4. The third-order valence-electron chi connectivity index (χ3n) is 3.26. The minimum absolute atomic E-state index is 0.0441. The van der Waals surface area contributed by atoms with Crippen LogP contribution in [-0.4, -0.2) is 27.6 Å². The van der Waals surface area contributed by atoms with Crippen LogP contribution in [0.5, 0.6) is 11.5 Å². The molecule has 0 spiro atoms. The second kappa shape index (κ2) is 5.76. The number of phenols is 1. The Morgan fingerprint density at radius 1 is 1.27 bits per heavy atom. The maximum absolute atomic E-state index is 12.0. The summed E-state index contributed by atoms with van der Waals surface area (Å²) in [5.74, 6) is 0.396. The summed E-state index contributed by atoms with van der Waals surface area (Å²) in [7, 11) is 4.27. The third kappa shape index (κ3) is 2.58. The second-order valence-electron chi connectivity index (χ2n) is 4.62. The predicted octanol–water partition coefficient (Wildman–Crippen LogP) is 0.131. The number of nitrogens with two attached hydrogens (primary N) is 1. The SMILES string of the molecule is COc1ccc(C=Nc2c(N)n(C)c(=O)n(C)c2=O)c(O)c1. The number of benzene rings is 1. The number of anilines is 1. The molecule has 8 nitrogen and oxygen atoms in total. The van der Waals surface area contributed by atoms with Crippen molar-refractivity contribution in [3.8, 4) is 11.5 Å². The highest BCUT2D eigenvalue weighted by Crippen LogP contribution is 2.23. The molecule has 0 unspecified atom stereocenters. The van der Waals surface area contributed by atoms with E-state index >= 15 is 0 Å². The van der Waals surface area contributed by atoms with Crippen LogP contribution >= 0.6 is 0 Å². The number of hydrogen-bond acceptors (Lipinski definition) is 6. The molecule has 0 aliphatic rings. The van der Waals surface area contributed by atoms with Gasteiger partial charge in [-0.25, -0.2) is 9.79 Å². The Balaban J connectivity index is 2.52. The van der Waals surface area contributed by atoms with Crippen molar-refractivity contribution in [2.24, 2.45) is 19.1 Å². The van der Waals surface area contributed by atoms with Crippen molar-refractivity contribution in [3.63, 3.8) is 0 Å². The van der Waals surface area contributed by atoms with Gasteiger partial charge < -0.3 is 15.6 Å². The van der Waals surface area contributed by atoms with Crippen molar-refractivity contribution in [3.05, 3.63) is 44.6 Å². The van der Waals surface area contributed by atoms with Crippen molar-refractivity contribution in [1.82, 2.24) is 9.13 Å². The van der Waals surface area contributed by atoms with E-state index in [0.717, 1.165) is 9.13 Å². The van der Waals surface area contributed by atoms with Gasteiger partial charge in [-0.2, -0.15) is 0 Å². The number of ether oxygens (including phenoxy) is 1. The van der Waals surface area contributed by atoms with E-state index in [1.54, 1.807) is 12.1 Å². The zero-order chi connectivity index (χ0) is 16.4. The number of nitrogen functional groups attached to an aromatic ring is 1. The normalized spacial score (nSPS) is 11.0. The second-order valence-corrected chi connectivity index (χ2v) is 4.62. The lowest BCUT2D eigenvalue weighted by Crippen LogP contribution is -2.37. The number of hydrogen-bond donors (Lipinski definition) is 2. The molecule has 3 N–H and O–H groups in total. The summed E-state index contributed by atoms with van der Waals surface area (Å²) in [5.41, 5.74) is 4.93. The molecule has 0 amide bonds. The predicted molar refractivity (Wildman–Crippen MR) is 83.2 cm³/mol. The third-order valence-corrected chi connectivity index (χ3v) is 3.26. The van der Waals surface area contributed by atoms with Gasteiger partial charge in [0.25, 0.3) is 5.56 Å². The van der Waals surface area contributed by atoms with Crippen LogP contribution in [0.2, 0.25) is 0 Å². The van der Waals surface area contributed by atoms with Crippen LogP contribution in [0.4, 0.5) is 11.5 Å². The summed E-state index contributed by atoms with van der Waals surface area (Å²) in [6.07, 6.45) is 1.30. The van der Waals surface area contributed by atoms with Crippen LogP contribution in [0, 0.1) is 0 Å². The van der Waals surface area contributed by atoms with Gasteiger partial charge in [0.05, 0.1) is 7.11 Å². The van der Waals surface area contributed by atoms with Crippen LogP contribution in [0.25, 0.3) is 0 Å². The molecule has 8 heteroatoms. The van der Waals surface area contributed by atoms with Gasteiger partial charge in [0, 0.05) is 31.9 Å². The van der Waals surface area contributed by atoms with E-state index < -0.39 is 11.2 Å². The number of aromatic nitrogens is 2. The van der Waals surface area contributed by atoms with E-state index in [9.17, 15) is 14.7 Å². The van der Waals surface area contributed by atoms with Crippen molar-refractivity contribution in [1.29, 1.82) is 0 Å². The largest absolute Gasteiger partial charge is 0.507 e. The highest BCUT2D eigenvalue weighted by molar-refractivity contribution is 5.86. The van der Waals surface area contributed by atoms with Crippen molar-refractivity contribution in [2.45, 2.75) is 0 Å². The molecule has 2 aromatic rings. The molecule has 0 aliphatic heterocycles. The number of aliphatic imine (C=N–C) groups is 1. The summed E-state index contributed by atoms with van der Waals surface area (Å²) in [6, 6.07) is 4.65. The molecule has 0 bridgehead atoms. The Hall–Kier alpha value is -3.03. The monoisotopic (exact) mass is 304 g/mol. The van der Waals surface area contributed by atoms with E-state index in [-0.39, 0.29) is 17.3 Å². The molecule has 116 valence electrons. The minimum atomic E-state index is -0.607. The van der Waals surface area contributed by atoms with Crippen LogP contribution in [-0.2, 0) is 14.1 Å². The van der Waals surface area contributed by atoms with Gasteiger partial charge in [-0.1, -0.05) is 0 Å². The minimum Gasteiger partial charge on any atom is -0.507 e. The summed E-state index contributed by atoms with van der Waals surface area (Å²) >= 11 is 0. The number of nitrogens with zero attached hydrogens (tertiary/aromatic N) is 3. The number of rotatable bonds is 3. The fourth-order valence-corrected chi connectivity index (χ4v) is 1.86. The van der Waals surface area contributed by atoms with E-state index in [1.165, 1.54) is 33.5 Å². The van der Waals surface area contributed by atoms with Crippen LogP contribution in [0.15, 0.2) is 32.8 Å². The summed E-state index contributed by atoms with van der Waals surface area (Å²) < 4.78 is 7.02. The maximum atomic E-state index is 12.0. The molecule has 0 fully saturated rings. The molecule has 2 rings (SSSR count). The zero-order valence-corrected chi connectivity index (χ0v) is 12.4. The maximum Gasteiger partial charge on any atom is 0.332 e. The van der Waals surface area contributed by atoms with Crippen LogP contribution in [0.1, 0.15) is 5.56 Å². The molecule has 0 saturated carbocycles. The van der Waals surface area contributed by atoms with Crippen molar-refractivity contribution in [2.75, 3.05) is 12.8 Å². The Kier molecular flexibility index (Phi) is 4.02. The van der Waals surface area contributed by atoms with Crippen molar-refractivity contribution < 1.29 is 9.84 Å². The highest BCUT2D eigenvalue weighted by atomic mass is 16.5. The van der Waals surface area contributed by atoms with E-state index in [1.807, 2.05) is 0 Å². The molecule has 1 aromatic carbocycles. The molecular weight excluding hydrogens is 288 g/mol. The molecular formula is C14H16N4O4. The first-order valence-corrected chi connectivity index (χ1v) is 6.33. The van der Waals surface area contributed by atoms with Gasteiger partial charge in [-0.05, 0) is 12.1 Å². The summed E-state index contributed by atoms with van der Waals surface area (Å²) in [5, 5.41) is 9.85. The van der Waals surface area contributed by atoms with Gasteiger partial charge in [0.1, 0.15) is 17.3 Å². The molecule has 1 heterocycles. The lowest BCUT2D eigenvalue weighted by Gasteiger charge is -2.08. The highest BCUT2D eigenvalue weighted by Gasteiger charge is 2.12. The Morgan fingerprint density at radius 3 is 2.55 bits per heavy atom. The summed E-state index contributed by atoms with van der Waals surface area (Å²) in [6.45, 7) is 0. The summed E-state index contributed by atoms with van der Waals surface area (Å²) in [4.78, 5) is 27.8. The lowest BCUT2D eigenvalue weighted by molar-refractivity contribution is 0.407. The standard InChI is InChI=1S/C14H16N4O4/c1-17-12(15)11(13(20)18(2)14(17)21)16-7-8-4-5-9(22-3)6-10(8)19/h4-7,19H,15H2,1-3H3. The molecule has 0 aliphatic carbocycles. The smallest absolute Gasteiger partial charge is 0.332 e. The first-order valence-electron chi connectivity index (χ1n) is 6.33. The number of aromatic hydroxyl groups is 1. The lowest BCUT2D eigenvalue weighted by atomic mass is 10.2. The quantitative estimate of drug-likeness (QED) is 0.783. The molecule has 0 atom stereocenters. The first kappa shape index (κ1) is 15.4. The fourth-order valence-electron chi connectivity index (χ4n) is 1.86. The Bertz CT molecular complexity index is 864. The fraction of sp³-hybridized carbons (Fsp3) is 0.214. The van der Waals surface area contributed by atoms with Crippen molar-refractivity contribution >= 4 is 17.7 Å². The van der Waals surface area contributed by atoms with E-state index in [0.29, 0.717) is 11.3 Å². The Morgan fingerprint density at radius 2 is 1.95 bits per heavy atom. The number of phenolic OH excluding ortho intramolecular Hbond substituents is 1. The molecule has 1 aromatic heterocycles. The van der Waals surface area contributed by atoms with Crippen LogP contribution < -0.4 is 21.7 Å². The molecule has 0 saturated heterocycles. The van der Waals surface area contributed by atoms with Gasteiger partial charge in [-0.3, -0.25) is 13.9 Å². The average Bonchev–Trinajstić information content (AvgIpc) is 2.52. The zero-order valence-electron chi connectivity index (χ0n) is 12.4. The van der Waals surface area contributed by atoms with Crippen LogP contribution in [0.3, 0.4) is 0 Å². The Labute approximate surface area is 125 Å². The van der Waals surface area contributed by atoms with E-state index in [4.69, 9.17) is 10.5 Å². The van der Waals surface area contributed by atoms with Gasteiger partial charge >= 0.3 is 5.69 Å². The topological polar surface area (TPSA) is 112 Å². The molecule has 22 heavy (non-hydrogen) atoms. The van der Waals surface area contributed by atoms with E-state index in [2.05, 4.69) is 4.99 Å². The average molecular weight is 304 g/mol.